The number of rotatable bonds is 6. The zero-order valence-corrected chi connectivity index (χ0v) is 18.5. The van der Waals surface area contributed by atoms with E-state index in [0.29, 0.717) is 18.8 Å². The number of nitrogens with zero attached hydrogens (tertiary/aromatic N) is 2. The van der Waals surface area contributed by atoms with E-state index in [1.165, 1.54) is 0 Å². The van der Waals surface area contributed by atoms with Gasteiger partial charge in [-0.25, -0.2) is 4.79 Å². The first-order chi connectivity index (χ1) is 14.1. The minimum atomic E-state index is -0.498. The summed E-state index contributed by atoms with van der Waals surface area (Å²) >= 11 is 0. The molecule has 2 aromatic rings. The number of nitrogens with one attached hydrogen (secondary N) is 1. The normalized spacial score (nSPS) is 12.3. The average Bonchev–Trinajstić information content (AvgIpc) is 2.88. The van der Waals surface area contributed by atoms with Crippen LogP contribution in [0.15, 0.2) is 42.5 Å². The Morgan fingerprint density at radius 2 is 1.67 bits per heavy atom. The Morgan fingerprint density at radius 1 is 1.00 bits per heavy atom. The number of hydrogen-bond acceptors (Lipinski definition) is 4. The molecule has 0 atom stereocenters. The van der Waals surface area contributed by atoms with Gasteiger partial charge in [0.25, 0.3) is 0 Å². The van der Waals surface area contributed by atoms with Crippen LogP contribution in [0.3, 0.4) is 0 Å². The Balaban J connectivity index is 0.00000320. The summed E-state index contributed by atoms with van der Waals surface area (Å²) in [6.07, 6.45) is 1.20. The largest absolute Gasteiger partial charge is 1.00 e. The second-order valence-corrected chi connectivity index (χ2v) is 7.01. The van der Waals surface area contributed by atoms with Gasteiger partial charge in [0.1, 0.15) is 0 Å². The molecule has 0 aliphatic carbocycles. The van der Waals surface area contributed by atoms with Crippen LogP contribution in [0.5, 0.6) is 0 Å². The number of ether oxygens (including phenoxy) is 1. The third kappa shape index (κ3) is 5.32. The van der Waals surface area contributed by atoms with E-state index in [1.807, 2.05) is 41.3 Å². The number of likely N-dealkylation sites (N-methyl/N-ethyl adjacent to an activating group) is 1. The molecule has 7 heteroatoms. The molecule has 0 spiro atoms. The third-order valence-electron chi connectivity index (χ3n) is 5.25. The summed E-state index contributed by atoms with van der Waals surface area (Å²) in [4.78, 5) is 29.2. The van der Waals surface area contributed by atoms with Crippen LogP contribution in [0, 0.1) is 0 Å². The summed E-state index contributed by atoms with van der Waals surface area (Å²) in [5.41, 5.74) is 4.58. The van der Waals surface area contributed by atoms with E-state index >= 15 is 0 Å². The maximum atomic E-state index is 13.4. The van der Waals surface area contributed by atoms with Crippen LogP contribution in [-0.4, -0.2) is 43.1 Å². The minimum absolute atomic E-state index is 0. The Morgan fingerprint density at radius 3 is 2.33 bits per heavy atom. The van der Waals surface area contributed by atoms with Crippen LogP contribution >= 0.6 is 0 Å². The lowest BCUT2D eigenvalue weighted by molar-refractivity contribution is -0.119. The topological polar surface area (TPSA) is 61.9 Å². The summed E-state index contributed by atoms with van der Waals surface area (Å²) in [7, 11) is 0. The number of anilines is 3. The van der Waals surface area contributed by atoms with E-state index < -0.39 is 6.09 Å². The van der Waals surface area contributed by atoms with Gasteiger partial charge in [0.05, 0.1) is 24.5 Å². The summed E-state index contributed by atoms with van der Waals surface area (Å²) in [6, 6.07) is 13.8. The predicted octanol–water partition coefficient (Wildman–Crippen LogP) is 1.36. The molecule has 0 aromatic heterocycles. The molecule has 0 radical (unpaired) electrons. The van der Waals surface area contributed by atoms with Crippen LogP contribution in [0.2, 0.25) is 0 Å². The number of carbonyl (C=O) groups is 2. The maximum absolute atomic E-state index is 13.4. The highest BCUT2D eigenvalue weighted by atomic mass is 35.5. The quantitative estimate of drug-likeness (QED) is 0.751. The Labute approximate surface area is 184 Å². The van der Waals surface area contributed by atoms with E-state index in [1.54, 1.807) is 6.92 Å². The monoisotopic (exact) mass is 430 g/mol. The lowest BCUT2D eigenvalue weighted by Crippen LogP contribution is -3.00. The molecule has 0 saturated carbocycles. The molecule has 1 heterocycles. The van der Waals surface area contributed by atoms with Crippen molar-refractivity contribution >= 4 is 29.1 Å². The van der Waals surface area contributed by atoms with Crippen LogP contribution < -0.4 is 22.6 Å². The second-order valence-electron chi connectivity index (χ2n) is 7.01. The lowest BCUT2D eigenvalue weighted by atomic mass is 10.0. The Bertz CT molecular complexity index is 884. The van der Waals surface area contributed by atoms with E-state index in [4.69, 9.17) is 4.74 Å². The van der Waals surface area contributed by atoms with Gasteiger partial charge in [-0.15, -0.1) is 0 Å². The highest BCUT2D eigenvalue weighted by molar-refractivity contribution is 6.04. The fourth-order valence-electron chi connectivity index (χ4n) is 3.66. The fourth-order valence-corrected chi connectivity index (χ4v) is 3.66. The van der Waals surface area contributed by atoms with E-state index in [9.17, 15) is 9.59 Å². The van der Waals surface area contributed by atoms with Gasteiger partial charge < -0.3 is 17.1 Å². The minimum Gasteiger partial charge on any atom is -1.00 e. The van der Waals surface area contributed by atoms with Crippen molar-refractivity contribution in [3.63, 3.8) is 0 Å². The van der Waals surface area contributed by atoms with Gasteiger partial charge in [-0.05, 0) is 62.2 Å². The van der Waals surface area contributed by atoms with Crippen molar-refractivity contribution in [1.29, 1.82) is 0 Å². The van der Waals surface area contributed by atoms with Crippen molar-refractivity contribution in [1.82, 2.24) is 4.90 Å². The first-order valence-electron chi connectivity index (χ1n) is 10.3. The number of hydrogen-bond donors (Lipinski definition) is 1. The standard InChI is InChI=1S/C23H29N3O3.ClH/c1-4-25(5-2)16-22(27)26-20-10-8-7-9-17(20)11-12-18-13-14-19(15-21(18)26)24-23(28)29-6-3;/h7-10,13-15H,4-6,11-12,16H2,1-3H3,(H,24,28);1H/p-1. The molecule has 6 nitrogen and oxygen atoms in total. The second kappa shape index (κ2) is 11.0. The van der Waals surface area contributed by atoms with Crippen LogP contribution in [0.25, 0.3) is 0 Å². The number of aryl methyl sites for hydroxylation is 2. The zero-order valence-electron chi connectivity index (χ0n) is 17.8. The van der Waals surface area contributed by atoms with E-state index in [2.05, 4.69) is 30.1 Å². The molecule has 2 aromatic carbocycles. The molecule has 162 valence electrons. The Hall–Kier alpha value is -2.57. The summed E-state index contributed by atoms with van der Waals surface area (Å²) < 4.78 is 4.99. The first-order valence-corrected chi connectivity index (χ1v) is 10.3. The molecule has 0 bridgehead atoms. The number of para-hydroxylation sites is 1. The lowest BCUT2D eigenvalue weighted by Gasteiger charge is -2.28. The van der Waals surface area contributed by atoms with Crippen LogP contribution in [0.4, 0.5) is 21.9 Å². The molecule has 1 N–H and O–H groups in total. The van der Waals surface area contributed by atoms with Crippen LogP contribution in [0.1, 0.15) is 31.9 Å². The van der Waals surface area contributed by atoms with Gasteiger partial charge in [-0.2, -0.15) is 0 Å². The highest BCUT2D eigenvalue weighted by Crippen LogP contribution is 2.37. The number of benzene rings is 2. The van der Waals surface area contributed by atoms with E-state index in [-0.39, 0.29) is 18.3 Å². The predicted molar refractivity (Wildman–Crippen MR) is 116 cm³/mol. The molecule has 0 fully saturated rings. The van der Waals surface area contributed by atoms with Gasteiger partial charge in [-0.1, -0.05) is 38.1 Å². The van der Waals surface area contributed by atoms with Crippen molar-refractivity contribution < 1.29 is 26.7 Å². The average molecular weight is 431 g/mol. The smallest absolute Gasteiger partial charge is 0.411 e. The van der Waals surface area contributed by atoms with Crippen molar-refractivity contribution in [2.45, 2.75) is 33.6 Å². The molecule has 1 aliphatic rings. The molecule has 1 aliphatic heterocycles. The molecular weight excluding hydrogens is 402 g/mol. The molecule has 2 amide bonds. The first kappa shape index (κ1) is 23.7. The Kier molecular flexibility index (Phi) is 8.69. The van der Waals surface area contributed by atoms with Crippen molar-refractivity contribution in [3.05, 3.63) is 53.6 Å². The van der Waals surface area contributed by atoms with Gasteiger partial charge in [-0.3, -0.25) is 19.9 Å². The van der Waals surface area contributed by atoms with Crippen molar-refractivity contribution in [3.8, 4) is 0 Å². The fraction of sp³-hybridized carbons (Fsp3) is 0.391. The third-order valence-corrected chi connectivity index (χ3v) is 5.25. The SMILES string of the molecule is CCOC(=O)Nc1ccc2c(c1)N(C(=O)CN(CC)CC)c1ccccc1CC2.[Cl-]. The highest BCUT2D eigenvalue weighted by Gasteiger charge is 2.27. The summed E-state index contributed by atoms with van der Waals surface area (Å²) in [6.45, 7) is 8.16. The van der Waals surface area contributed by atoms with Gasteiger partial charge >= 0.3 is 6.09 Å². The number of amides is 2. The summed E-state index contributed by atoms with van der Waals surface area (Å²) in [5.74, 6) is 0.0255. The number of fused-ring (bicyclic) bond motifs is 2. The van der Waals surface area contributed by atoms with Crippen molar-refractivity contribution in [2.75, 3.05) is 36.5 Å². The summed E-state index contributed by atoms with van der Waals surface area (Å²) in [5, 5.41) is 2.75. The molecule has 3 rings (SSSR count). The van der Waals surface area contributed by atoms with E-state index in [0.717, 1.165) is 48.4 Å². The zero-order chi connectivity index (χ0) is 20.8. The maximum Gasteiger partial charge on any atom is 0.411 e. The molecule has 0 saturated heterocycles. The van der Waals surface area contributed by atoms with Gasteiger partial charge in [0.15, 0.2) is 0 Å². The van der Waals surface area contributed by atoms with Gasteiger partial charge in [0.2, 0.25) is 5.91 Å². The number of carbonyl (C=O) groups excluding carboxylic acids is 2. The van der Waals surface area contributed by atoms with Crippen molar-refractivity contribution in [2.24, 2.45) is 0 Å². The molecular formula is C23H29ClN3O3-. The van der Waals surface area contributed by atoms with Crippen LogP contribution in [-0.2, 0) is 22.4 Å². The van der Waals surface area contributed by atoms with Gasteiger partial charge in [0, 0.05) is 5.69 Å². The molecule has 0 unspecified atom stereocenters. The molecule has 30 heavy (non-hydrogen) atoms. The number of halogens is 1.